The smallest absolute Gasteiger partial charge is 0.131 e. The minimum Gasteiger partial charge on any atom is -0.384 e. The Balaban J connectivity index is 0.000000637. The van der Waals surface area contributed by atoms with E-state index in [2.05, 4.69) is 20.2 Å². The van der Waals surface area contributed by atoms with Crippen LogP contribution in [0.3, 0.4) is 0 Å². The molecule has 1 aliphatic rings. The van der Waals surface area contributed by atoms with Crippen molar-refractivity contribution in [1.82, 2.24) is 24.7 Å². The predicted molar refractivity (Wildman–Crippen MR) is 73.2 cm³/mol. The summed E-state index contributed by atoms with van der Waals surface area (Å²) in [6, 6.07) is 0. The van der Waals surface area contributed by atoms with E-state index >= 15 is 0 Å². The minimum atomic E-state index is 0.423. The normalized spacial score (nSPS) is 12.7. The van der Waals surface area contributed by atoms with Gasteiger partial charge >= 0.3 is 0 Å². The fraction of sp³-hybridized carbons (Fsp3) is 0.182. The van der Waals surface area contributed by atoms with E-state index < -0.39 is 0 Å². The van der Waals surface area contributed by atoms with Crippen LogP contribution in [0.2, 0.25) is 0 Å². The summed E-state index contributed by atoms with van der Waals surface area (Å²) < 4.78 is 13.5. The number of hydrogen-bond acceptors (Lipinski definition) is 6. The maximum atomic E-state index is 13.0. The number of halogens is 1. The first kappa shape index (κ1) is 13.3. The molecule has 0 saturated heterocycles. The Morgan fingerprint density at radius 2 is 2.16 bits per heavy atom. The van der Waals surface area contributed by atoms with E-state index in [1.807, 2.05) is 13.8 Å². The number of nitrogens with two attached hydrogens (primary N) is 1. The first-order valence-electron chi connectivity index (χ1n) is 5.71. The van der Waals surface area contributed by atoms with Crippen molar-refractivity contribution in [2.45, 2.75) is 18.9 Å². The van der Waals surface area contributed by atoms with Gasteiger partial charge < -0.3 is 5.73 Å². The molecular weight excluding hydrogens is 267 g/mol. The zero-order valence-corrected chi connectivity index (χ0v) is 11.3. The molecule has 1 aliphatic heterocycles. The number of aromatic amines is 1. The van der Waals surface area contributed by atoms with Crippen molar-refractivity contribution in [1.29, 1.82) is 0 Å². The van der Waals surface area contributed by atoms with Crippen LogP contribution in [-0.4, -0.2) is 24.7 Å². The minimum absolute atomic E-state index is 0.423. The quantitative estimate of drug-likeness (QED) is 0.474. The molecule has 0 unspecified atom stereocenters. The average Bonchev–Trinajstić information content (AvgIpc) is 2.86. The summed E-state index contributed by atoms with van der Waals surface area (Å²) in [6.45, 7) is 4.00. The van der Waals surface area contributed by atoms with E-state index in [0.717, 1.165) is 17.5 Å². The van der Waals surface area contributed by atoms with Gasteiger partial charge in [-0.15, -0.1) is 0 Å². The maximum Gasteiger partial charge on any atom is 0.131 e. The van der Waals surface area contributed by atoms with E-state index in [1.165, 1.54) is 12.5 Å². The molecule has 0 spiro atoms. The van der Waals surface area contributed by atoms with E-state index in [0.29, 0.717) is 26.6 Å². The Morgan fingerprint density at radius 1 is 1.37 bits per heavy atom. The monoisotopic (exact) mass is 280 g/mol. The lowest BCUT2D eigenvalue weighted by Crippen LogP contribution is -2.04. The summed E-state index contributed by atoms with van der Waals surface area (Å²) >= 11 is 0.886. The molecule has 0 atom stereocenters. The highest BCUT2D eigenvalue weighted by molar-refractivity contribution is 7.97. The molecule has 19 heavy (non-hydrogen) atoms. The standard InChI is InChI=1S/C9H7FN6S.C2H6/c10-16-2-1-5-7(6-3-14-15-8(6)11)12-4-13-9(5)17-16;1-2/h1-4H,(H3,11,14,15);1-2H3. The number of anilines is 1. The van der Waals surface area contributed by atoms with Crippen LogP contribution in [0.25, 0.3) is 17.3 Å². The maximum absolute atomic E-state index is 13.0. The second kappa shape index (κ2) is 5.70. The first-order valence-corrected chi connectivity index (χ1v) is 6.48. The molecule has 3 heterocycles. The van der Waals surface area contributed by atoms with Gasteiger partial charge in [0.25, 0.3) is 0 Å². The Labute approximate surface area is 114 Å². The highest BCUT2D eigenvalue weighted by Gasteiger charge is 2.19. The van der Waals surface area contributed by atoms with Crippen molar-refractivity contribution in [2.75, 3.05) is 5.73 Å². The topological polar surface area (TPSA) is 83.7 Å². The van der Waals surface area contributed by atoms with Gasteiger partial charge in [0.15, 0.2) is 0 Å². The van der Waals surface area contributed by atoms with Crippen molar-refractivity contribution >= 4 is 23.8 Å². The third kappa shape index (κ3) is 2.53. The Morgan fingerprint density at radius 3 is 2.84 bits per heavy atom. The number of nitrogen functional groups attached to an aromatic ring is 1. The number of nitrogens with zero attached hydrogens (tertiary/aromatic N) is 4. The van der Waals surface area contributed by atoms with Crippen molar-refractivity contribution in [3.8, 4) is 11.3 Å². The summed E-state index contributed by atoms with van der Waals surface area (Å²) in [7, 11) is 0. The molecule has 3 rings (SSSR count). The van der Waals surface area contributed by atoms with Crippen LogP contribution in [0, 0.1) is 0 Å². The summed E-state index contributed by atoms with van der Waals surface area (Å²) in [5.74, 6) is 0.423. The van der Waals surface area contributed by atoms with Gasteiger partial charge in [-0.05, 0) is 6.08 Å². The van der Waals surface area contributed by atoms with Crippen LogP contribution < -0.4 is 5.73 Å². The lowest BCUT2D eigenvalue weighted by Gasteiger charge is -2.15. The van der Waals surface area contributed by atoms with Gasteiger partial charge in [-0.1, -0.05) is 18.3 Å². The Kier molecular flexibility index (Phi) is 4.00. The zero-order valence-electron chi connectivity index (χ0n) is 10.5. The molecule has 6 nitrogen and oxygen atoms in total. The first-order chi connectivity index (χ1) is 9.25. The molecular formula is C11H13FN6S. The van der Waals surface area contributed by atoms with Crippen LogP contribution >= 0.6 is 11.9 Å². The van der Waals surface area contributed by atoms with E-state index in [1.54, 1.807) is 12.3 Å². The summed E-state index contributed by atoms with van der Waals surface area (Å²) in [5.41, 5.74) is 7.79. The highest BCUT2D eigenvalue weighted by Crippen LogP contribution is 2.36. The summed E-state index contributed by atoms with van der Waals surface area (Å²) in [4.78, 5) is 8.18. The average molecular weight is 280 g/mol. The number of hydrogen-bond donors (Lipinski definition) is 2. The van der Waals surface area contributed by atoms with Crippen molar-refractivity contribution in [3.63, 3.8) is 0 Å². The molecule has 0 radical (unpaired) electrons. The van der Waals surface area contributed by atoms with Crippen LogP contribution in [0.4, 0.5) is 10.3 Å². The molecule has 0 aliphatic carbocycles. The number of rotatable bonds is 1. The van der Waals surface area contributed by atoms with Crippen molar-refractivity contribution in [3.05, 3.63) is 24.3 Å². The van der Waals surface area contributed by atoms with Crippen LogP contribution in [-0.2, 0) is 0 Å². The van der Waals surface area contributed by atoms with Crippen LogP contribution in [0.1, 0.15) is 19.4 Å². The summed E-state index contributed by atoms with van der Waals surface area (Å²) in [6.07, 6.45) is 5.86. The van der Waals surface area contributed by atoms with Gasteiger partial charge in [-0.2, -0.15) is 9.63 Å². The molecule has 8 heteroatoms. The van der Waals surface area contributed by atoms with E-state index in [-0.39, 0.29) is 0 Å². The number of aromatic nitrogens is 4. The molecule has 0 saturated carbocycles. The molecule has 2 aromatic rings. The molecule has 100 valence electrons. The Hall–Kier alpha value is -2.09. The fourth-order valence-corrected chi connectivity index (χ4v) is 2.19. The molecule has 3 N–H and O–H groups in total. The van der Waals surface area contributed by atoms with Crippen molar-refractivity contribution in [2.24, 2.45) is 0 Å². The van der Waals surface area contributed by atoms with E-state index in [9.17, 15) is 4.48 Å². The lowest BCUT2D eigenvalue weighted by molar-refractivity contribution is 0.232. The van der Waals surface area contributed by atoms with Gasteiger partial charge in [0.1, 0.15) is 17.2 Å². The largest absolute Gasteiger partial charge is 0.384 e. The van der Waals surface area contributed by atoms with Gasteiger partial charge in [0, 0.05) is 23.7 Å². The van der Waals surface area contributed by atoms with Gasteiger partial charge in [0.05, 0.1) is 17.5 Å². The van der Waals surface area contributed by atoms with Crippen LogP contribution in [0.5, 0.6) is 0 Å². The Bertz CT molecular complexity index is 597. The highest BCUT2D eigenvalue weighted by atomic mass is 32.2. The SMILES string of the molecule is CC.Nc1[nH]ncc1-c1ncnc2c1C=CN(F)S2. The fourth-order valence-electron chi connectivity index (χ4n) is 1.55. The third-order valence-electron chi connectivity index (χ3n) is 2.30. The molecule has 0 bridgehead atoms. The van der Waals surface area contributed by atoms with Gasteiger partial charge in [-0.25, -0.2) is 9.97 Å². The molecule has 0 aromatic carbocycles. The number of H-pyrrole nitrogens is 1. The van der Waals surface area contributed by atoms with E-state index in [4.69, 9.17) is 5.73 Å². The molecule has 0 fully saturated rings. The van der Waals surface area contributed by atoms with Crippen molar-refractivity contribution < 1.29 is 4.48 Å². The summed E-state index contributed by atoms with van der Waals surface area (Å²) in [5, 5.41) is 7.01. The van der Waals surface area contributed by atoms with Crippen LogP contribution in [0.15, 0.2) is 23.8 Å². The molecule has 0 amide bonds. The number of nitrogens with one attached hydrogen (secondary N) is 1. The second-order valence-corrected chi connectivity index (χ2v) is 4.24. The van der Waals surface area contributed by atoms with Gasteiger partial charge in [0.2, 0.25) is 0 Å². The van der Waals surface area contributed by atoms with Gasteiger partial charge in [-0.3, -0.25) is 5.10 Å². The third-order valence-corrected chi connectivity index (χ3v) is 3.10. The second-order valence-electron chi connectivity index (χ2n) is 3.32. The molecule has 2 aromatic heterocycles. The zero-order chi connectivity index (χ0) is 13.8. The number of fused-ring (bicyclic) bond motifs is 1. The lowest BCUT2D eigenvalue weighted by atomic mass is 10.1. The predicted octanol–water partition coefficient (Wildman–Crippen LogP) is 2.65.